The number of amides is 1. The minimum absolute atomic E-state index is 0.0920. The summed E-state index contributed by atoms with van der Waals surface area (Å²) in [6.07, 6.45) is 1.58. The van der Waals surface area contributed by atoms with E-state index >= 15 is 0 Å². The van der Waals surface area contributed by atoms with Gasteiger partial charge in [0.25, 0.3) is 5.91 Å². The van der Waals surface area contributed by atoms with Gasteiger partial charge in [0.1, 0.15) is 10.8 Å². The van der Waals surface area contributed by atoms with Crippen molar-refractivity contribution in [3.63, 3.8) is 0 Å². The van der Waals surface area contributed by atoms with E-state index < -0.39 is 0 Å². The monoisotopic (exact) mass is 429 g/mol. The first kappa shape index (κ1) is 19.5. The first-order valence-electron chi connectivity index (χ1n) is 10.2. The Morgan fingerprint density at radius 1 is 0.806 bits per heavy atom. The summed E-state index contributed by atoms with van der Waals surface area (Å²) in [5.74, 6) is 0.752. The molecule has 0 radical (unpaired) electrons. The highest BCUT2D eigenvalue weighted by molar-refractivity contribution is 6.32. The maximum Gasteiger partial charge on any atom is 0.257 e. The van der Waals surface area contributed by atoms with Crippen LogP contribution in [0.5, 0.6) is 0 Å². The smallest absolute Gasteiger partial charge is 0.257 e. The number of nitrogens with zero attached hydrogens (tertiary/aromatic N) is 5. The molecule has 1 fully saturated rings. The van der Waals surface area contributed by atoms with E-state index in [0.717, 1.165) is 28.1 Å². The van der Waals surface area contributed by atoms with Crippen molar-refractivity contribution >= 4 is 34.4 Å². The van der Waals surface area contributed by atoms with Crippen molar-refractivity contribution in [1.29, 1.82) is 0 Å². The summed E-state index contributed by atoms with van der Waals surface area (Å²) in [5.41, 5.74) is 4.04. The zero-order chi connectivity index (χ0) is 21.2. The molecule has 0 bridgehead atoms. The minimum Gasteiger partial charge on any atom is -0.351 e. The lowest BCUT2D eigenvalue weighted by molar-refractivity contribution is 0.0746. The number of para-hydroxylation sites is 2. The largest absolute Gasteiger partial charge is 0.351 e. The SMILES string of the molecule is O=C(c1cccnc1Cl)N1CCN(c2nc3ccccc3nc2-c2ccccc2)CC1. The number of halogens is 1. The van der Waals surface area contributed by atoms with Crippen molar-refractivity contribution < 1.29 is 4.79 Å². The van der Waals surface area contributed by atoms with E-state index in [2.05, 4.69) is 9.88 Å². The van der Waals surface area contributed by atoms with Crippen molar-refractivity contribution in [3.05, 3.63) is 83.6 Å². The number of hydrogen-bond donors (Lipinski definition) is 0. The van der Waals surface area contributed by atoms with E-state index in [4.69, 9.17) is 21.6 Å². The fraction of sp³-hybridized carbons (Fsp3) is 0.167. The van der Waals surface area contributed by atoms with Crippen LogP contribution in [0.1, 0.15) is 10.4 Å². The van der Waals surface area contributed by atoms with Crippen LogP contribution in [0, 0.1) is 0 Å². The average Bonchev–Trinajstić information content (AvgIpc) is 2.84. The number of carbonyl (C=O) groups is 1. The molecule has 2 aromatic heterocycles. The second-order valence-electron chi connectivity index (χ2n) is 7.37. The van der Waals surface area contributed by atoms with Gasteiger partial charge in [0.15, 0.2) is 5.82 Å². The van der Waals surface area contributed by atoms with Crippen molar-refractivity contribution in [3.8, 4) is 11.3 Å². The molecule has 0 atom stereocenters. The second kappa shape index (κ2) is 8.32. The quantitative estimate of drug-likeness (QED) is 0.454. The molecule has 0 saturated carbocycles. The molecule has 6 nitrogen and oxygen atoms in total. The number of anilines is 1. The van der Waals surface area contributed by atoms with Gasteiger partial charge in [-0.3, -0.25) is 4.79 Å². The van der Waals surface area contributed by atoms with Crippen LogP contribution in [0.15, 0.2) is 72.9 Å². The Morgan fingerprint density at radius 3 is 2.19 bits per heavy atom. The number of carbonyl (C=O) groups excluding carboxylic acids is 1. The number of aromatic nitrogens is 3. The van der Waals surface area contributed by atoms with Crippen molar-refractivity contribution in [1.82, 2.24) is 19.9 Å². The van der Waals surface area contributed by atoms with Crippen LogP contribution in [-0.2, 0) is 0 Å². The Balaban J connectivity index is 1.44. The van der Waals surface area contributed by atoms with Gasteiger partial charge in [0, 0.05) is 37.9 Å². The van der Waals surface area contributed by atoms with Crippen LogP contribution in [0.4, 0.5) is 5.82 Å². The van der Waals surface area contributed by atoms with Crippen molar-refractivity contribution in [2.24, 2.45) is 0 Å². The van der Waals surface area contributed by atoms with Crippen LogP contribution in [0.3, 0.4) is 0 Å². The molecule has 0 unspecified atom stereocenters. The molecule has 4 aromatic rings. The lowest BCUT2D eigenvalue weighted by Gasteiger charge is -2.36. The molecule has 154 valence electrons. The highest BCUT2D eigenvalue weighted by atomic mass is 35.5. The molecular weight excluding hydrogens is 410 g/mol. The third-order valence-corrected chi connectivity index (χ3v) is 5.76. The molecule has 1 amide bonds. The van der Waals surface area contributed by atoms with Gasteiger partial charge in [-0.2, -0.15) is 0 Å². The molecule has 1 aliphatic heterocycles. The van der Waals surface area contributed by atoms with Crippen LogP contribution in [0.2, 0.25) is 5.15 Å². The van der Waals surface area contributed by atoms with Crippen molar-refractivity contribution in [2.45, 2.75) is 0 Å². The van der Waals surface area contributed by atoms with Crippen LogP contribution < -0.4 is 4.90 Å². The van der Waals surface area contributed by atoms with Gasteiger partial charge in [-0.05, 0) is 24.3 Å². The molecule has 5 rings (SSSR count). The summed E-state index contributed by atoms with van der Waals surface area (Å²) >= 11 is 6.12. The molecule has 1 aliphatic rings. The van der Waals surface area contributed by atoms with Gasteiger partial charge in [0.05, 0.1) is 16.6 Å². The number of rotatable bonds is 3. The van der Waals surface area contributed by atoms with Crippen LogP contribution in [-0.4, -0.2) is 51.9 Å². The zero-order valence-electron chi connectivity index (χ0n) is 16.8. The molecule has 0 spiro atoms. The van der Waals surface area contributed by atoms with Crippen LogP contribution >= 0.6 is 11.6 Å². The third-order valence-electron chi connectivity index (χ3n) is 5.46. The lowest BCUT2D eigenvalue weighted by Crippen LogP contribution is -2.49. The lowest BCUT2D eigenvalue weighted by atomic mass is 10.1. The van der Waals surface area contributed by atoms with E-state index in [1.807, 2.05) is 59.5 Å². The molecule has 3 heterocycles. The molecule has 0 N–H and O–H groups in total. The summed E-state index contributed by atoms with van der Waals surface area (Å²) in [7, 11) is 0. The first-order chi connectivity index (χ1) is 15.2. The van der Waals surface area contributed by atoms with Gasteiger partial charge in [-0.15, -0.1) is 0 Å². The molecule has 31 heavy (non-hydrogen) atoms. The van der Waals surface area contributed by atoms with E-state index in [0.29, 0.717) is 31.7 Å². The maximum absolute atomic E-state index is 12.9. The predicted octanol–water partition coefficient (Wildman–Crippen LogP) is 4.31. The minimum atomic E-state index is -0.0920. The number of fused-ring (bicyclic) bond motifs is 1. The summed E-state index contributed by atoms with van der Waals surface area (Å²) in [6, 6.07) is 21.4. The van der Waals surface area contributed by atoms with Gasteiger partial charge in [-0.25, -0.2) is 15.0 Å². The Labute approximate surface area is 185 Å². The third kappa shape index (κ3) is 3.82. The number of piperazine rings is 1. The Bertz CT molecular complexity index is 1240. The average molecular weight is 430 g/mol. The number of pyridine rings is 1. The van der Waals surface area contributed by atoms with Gasteiger partial charge in [-0.1, -0.05) is 54.1 Å². The molecular formula is C24H20ClN5O. The van der Waals surface area contributed by atoms with E-state index in [1.165, 1.54) is 0 Å². The fourth-order valence-electron chi connectivity index (χ4n) is 3.84. The normalized spacial score (nSPS) is 14.1. The highest BCUT2D eigenvalue weighted by Crippen LogP contribution is 2.30. The summed E-state index contributed by atoms with van der Waals surface area (Å²) < 4.78 is 0. The second-order valence-corrected chi connectivity index (χ2v) is 7.73. The highest BCUT2D eigenvalue weighted by Gasteiger charge is 2.26. The number of hydrogen-bond acceptors (Lipinski definition) is 5. The Hall–Kier alpha value is -3.51. The first-order valence-corrected chi connectivity index (χ1v) is 10.6. The molecule has 7 heteroatoms. The topological polar surface area (TPSA) is 62.2 Å². The molecule has 0 aliphatic carbocycles. The predicted molar refractivity (Wildman–Crippen MR) is 122 cm³/mol. The summed E-state index contributed by atoms with van der Waals surface area (Å²) in [6.45, 7) is 2.48. The summed E-state index contributed by atoms with van der Waals surface area (Å²) in [5, 5.41) is 0.238. The molecule has 2 aromatic carbocycles. The van der Waals surface area contributed by atoms with E-state index in [-0.39, 0.29) is 11.1 Å². The standard InChI is InChI=1S/C24H20ClN5O/c25-22-18(9-6-12-26-22)24(31)30-15-13-29(14-16-30)23-21(17-7-2-1-3-8-17)27-19-10-4-5-11-20(19)28-23/h1-12H,13-16H2. The summed E-state index contributed by atoms with van der Waals surface area (Å²) in [4.78, 5) is 30.8. The van der Waals surface area contributed by atoms with E-state index in [9.17, 15) is 4.79 Å². The fourth-order valence-corrected chi connectivity index (χ4v) is 4.04. The number of benzene rings is 2. The van der Waals surface area contributed by atoms with Crippen LogP contribution in [0.25, 0.3) is 22.3 Å². The van der Waals surface area contributed by atoms with Gasteiger partial charge >= 0.3 is 0 Å². The van der Waals surface area contributed by atoms with Crippen molar-refractivity contribution in [2.75, 3.05) is 31.1 Å². The maximum atomic E-state index is 12.9. The Morgan fingerprint density at radius 2 is 1.48 bits per heavy atom. The van der Waals surface area contributed by atoms with E-state index in [1.54, 1.807) is 18.3 Å². The zero-order valence-corrected chi connectivity index (χ0v) is 17.5. The van der Waals surface area contributed by atoms with Gasteiger partial charge < -0.3 is 9.80 Å². The molecule has 1 saturated heterocycles. The Kier molecular flexibility index (Phi) is 5.22. The van der Waals surface area contributed by atoms with Gasteiger partial charge in [0.2, 0.25) is 0 Å².